The summed E-state index contributed by atoms with van der Waals surface area (Å²) in [6.07, 6.45) is 7.77. The van der Waals surface area contributed by atoms with E-state index in [4.69, 9.17) is 0 Å². The van der Waals surface area contributed by atoms with Crippen molar-refractivity contribution in [3.63, 3.8) is 0 Å². The Hall–Kier alpha value is -2.58. The van der Waals surface area contributed by atoms with Crippen molar-refractivity contribution in [3.05, 3.63) is 70.3 Å². The molecular weight excluding hydrogens is 374 g/mol. The van der Waals surface area contributed by atoms with Crippen molar-refractivity contribution >= 4 is 0 Å². The molecule has 0 bridgehead atoms. The van der Waals surface area contributed by atoms with Crippen LogP contribution in [0.3, 0.4) is 0 Å². The Morgan fingerprint density at radius 1 is 0.867 bits per heavy atom. The van der Waals surface area contributed by atoms with Crippen LogP contribution in [0.15, 0.2) is 36.4 Å². The third-order valence-electron chi connectivity index (χ3n) is 5.88. The van der Waals surface area contributed by atoms with E-state index in [2.05, 4.69) is 37.5 Å². The SMILES string of the molecule is CCCCC#CCc1ccc(C#Cc2cc(F)c(C3CCC(C)CC3)c(F)c2)cc1. The summed E-state index contributed by atoms with van der Waals surface area (Å²) in [4.78, 5) is 0. The van der Waals surface area contributed by atoms with E-state index in [0.717, 1.165) is 56.1 Å². The number of benzene rings is 2. The lowest BCUT2D eigenvalue weighted by Gasteiger charge is -2.27. The van der Waals surface area contributed by atoms with E-state index < -0.39 is 11.6 Å². The van der Waals surface area contributed by atoms with Crippen molar-refractivity contribution in [2.45, 2.75) is 71.1 Å². The fraction of sp³-hybridized carbons (Fsp3) is 0.429. The summed E-state index contributed by atoms with van der Waals surface area (Å²) in [5, 5.41) is 0. The summed E-state index contributed by atoms with van der Waals surface area (Å²) >= 11 is 0. The van der Waals surface area contributed by atoms with Crippen molar-refractivity contribution in [1.29, 1.82) is 0 Å². The summed E-state index contributed by atoms with van der Waals surface area (Å²) in [6, 6.07) is 10.6. The van der Waals surface area contributed by atoms with Gasteiger partial charge in [-0.15, -0.1) is 5.92 Å². The monoisotopic (exact) mass is 404 g/mol. The first-order valence-electron chi connectivity index (χ1n) is 11.1. The minimum Gasteiger partial charge on any atom is -0.207 e. The summed E-state index contributed by atoms with van der Waals surface area (Å²) < 4.78 is 29.3. The number of rotatable bonds is 4. The van der Waals surface area contributed by atoms with Crippen LogP contribution in [-0.2, 0) is 6.42 Å². The normalized spacial score (nSPS) is 18.1. The smallest absolute Gasteiger partial charge is 0.130 e. The molecule has 156 valence electrons. The quantitative estimate of drug-likeness (QED) is 0.368. The molecule has 0 aliphatic heterocycles. The minimum absolute atomic E-state index is 0.0131. The first kappa shape index (κ1) is 22.1. The van der Waals surface area contributed by atoms with Crippen molar-refractivity contribution in [2.75, 3.05) is 0 Å². The Morgan fingerprint density at radius 3 is 2.13 bits per heavy atom. The Balaban J connectivity index is 1.66. The molecule has 0 radical (unpaired) electrons. The molecular formula is C28H30F2. The Bertz CT molecular complexity index is 933. The number of unbranched alkanes of at least 4 members (excludes halogenated alkanes) is 2. The maximum Gasteiger partial charge on any atom is 0.130 e. The van der Waals surface area contributed by atoms with Crippen LogP contribution >= 0.6 is 0 Å². The highest BCUT2D eigenvalue weighted by Gasteiger charge is 2.25. The van der Waals surface area contributed by atoms with Gasteiger partial charge in [0.15, 0.2) is 0 Å². The van der Waals surface area contributed by atoms with E-state index in [-0.39, 0.29) is 11.5 Å². The van der Waals surface area contributed by atoms with E-state index in [1.54, 1.807) is 0 Å². The molecule has 2 heteroatoms. The molecule has 0 aromatic heterocycles. The van der Waals surface area contributed by atoms with E-state index in [1.807, 2.05) is 24.3 Å². The lowest BCUT2D eigenvalue weighted by Crippen LogP contribution is -2.13. The molecule has 0 amide bonds. The number of hydrogen-bond acceptors (Lipinski definition) is 0. The second-order valence-corrected chi connectivity index (χ2v) is 8.39. The van der Waals surface area contributed by atoms with E-state index in [0.29, 0.717) is 11.5 Å². The third kappa shape index (κ3) is 6.21. The average molecular weight is 405 g/mol. The lowest BCUT2D eigenvalue weighted by atomic mass is 9.79. The summed E-state index contributed by atoms with van der Waals surface area (Å²) in [5.74, 6) is 12.0. The van der Waals surface area contributed by atoms with Crippen molar-refractivity contribution in [1.82, 2.24) is 0 Å². The van der Waals surface area contributed by atoms with Crippen LogP contribution in [0.2, 0.25) is 0 Å². The van der Waals surface area contributed by atoms with Gasteiger partial charge in [0.2, 0.25) is 0 Å². The van der Waals surface area contributed by atoms with Gasteiger partial charge in [-0.3, -0.25) is 0 Å². The van der Waals surface area contributed by atoms with Gasteiger partial charge in [-0.2, -0.15) is 0 Å². The molecule has 0 heterocycles. The predicted molar refractivity (Wildman–Crippen MR) is 120 cm³/mol. The second kappa shape index (κ2) is 11.0. The van der Waals surface area contributed by atoms with Gasteiger partial charge in [0, 0.05) is 29.5 Å². The summed E-state index contributed by atoms with van der Waals surface area (Å²) in [7, 11) is 0. The van der Waals surface area contributed by atoms with Gasteiger partial charge in [-0.1, -0.05) is 63.0 Å². The largest absolute Gasteiger partial charge is 0.207 e. The molecule has 1 aliphatic carbocycles. The Labute approximate surface area is 180 Å². The molecule has 2 aromatic rings. The maximum atomic E-state index is 14.6. The van der Waals surface area contributed by atoms with Crippen LogP contribution in [0.1, 0.15) is 87.0 Å². The molecule has 3 rings (SSSR count). The van der Waals surface area contributed by atoms with Gasteiger partial charge in [0.05, 0.1) is 0 Å². The van der Waals surface area contributed by atoms with Crippen LogP contribution in [0, 0.1) is 41.2 Å². The highest BCUT2D eigenvalue weighted by Crippen LogP contribution is 2.38. The van der Waals surface area contributed by atoms with Gasteiger partial charge in [-0.05, 0) is 60.9 Å². The van der Waals surface area contributed by atoms with E-state index in [1.165, 1.54) is 18.6 Å². The standard InChI is InChI=1S/C28H30F2/c1-3-4-5-6-7-8-22-11-13-23(14-12-22)15-16-24-19-26(29)28(27(30)20-24)25-17-9-21(2)10-18-25/h11-14,19-21,25H,3-5,8-10,17-18H2,1-2H3. The Morgan fingerprint density at radius 2 is 1.50 bits per heavy atom. The molecule has 0 N–H and O–H groups in total. The maximum absolute atomic E-state index is 14.6. The van der Waals surface area contributed by atoms with Crippen LogP contribution in [0.5, 0.6) is 0 Å². The number of hydrogen-bond donors (Lipinski definition) is 0. The molecule has 0 atom stereocenters. The van der Waals surface area contributed by atoms with Gasteiger partial charge in [0.1, 0.15) is 11.6 Å². The molecule has 30 heavy (non-hydrogen) atoms. The molecule has 1 aliphatic rings. The fourth-order valence-corrected chi connectivity index (χ4v) is 3.96. The van der Waals surface area contributed by atoms with Crippen molar-refractivity contribution < 1.29 is 8.78 Å². The summed E-state index contributed by atoms with van der Waals surface area (Å²) in [6.45, 7) is 4.37. The topological polar surface area (TPSA) is 0 Å². The van der Waals surface area contributed by atoms with E-state index in [9.17, 15) is 8.78 Å². The van der Waals surface area contributed by atoms with Gasteiger partial charge < -0.3 is 0 Å². The lowest BCUT2D eigenvalue weighted by molar-refractivity contribution is 0.335. The summed E-state index contributed by atoms with van der Waals surface area (Å²) in [5.41, 5.74) is 2.59. The molecule has 2 aromatic carbocycles. The predicted octanol–water partition coefficient (Wildman–Crippen LogP) is 7.39. The van der Waals surface area contributed by atoms with Crippen LogP contribution < -0.4 is 0 Å². The highest BCUT2D eigenvalue weighted by atomic mass is 19.1. The van der Waals surface area contributed by atoms with Crippen LogP contribution in [0.25, 0.3) is 0 Å². The van der Waals surface area contributed by atoms with Crippen molar-refractivity contribution in [2.24, 2.45) is 5.92 Å². The fourth-order valence-electron chi connectivity index (χ4n) is 3.96. The average Bonchev–Trinajstić information content (AvgIpc) is 2.74. The third-order valence-corrected chi connectivity index (χ3v) is 5.88. The Kier molecular flexibility index (Phi) is 8.10. The van der Waals surface area contributed by atoms with Gasteiger partial charge in [0.25, 0.3) is 0 Å². The zero-order chi connectivity index (χ0) is 21.3. The number of halogens is 2. The van der Waals surface area contributed by atoms with Crippen LogP contribution in [0.4, 0.5) is 8.78 Å². The van der Waals surface area contributed by atoms with Crippen molar-refractivity contribution in [3.8, 4) is 23.7 Å². The molecule has 1 saturated carbocycles. The molecule has 0 unspecified atom stereocenters. The zero-order valence-corrected chi connectivity index (χ0v) is 18.0. The van der Waals surface area contributed by atoms with Gasteiger partial charge >= 0.3 is 0 Å². The molecule has 0 saturated heterocycles. The van der Waals surface area contributed by atoms with Crippen LogP contribution in [-0.4, -0.2) is 0 Å². The molecule has 0 nitrogen and oxygen atoms in total. The highest BCUT2D eigenvalue weighted by molar-refractivity contribution is 5.45. The second-order valence-electron chi connectivity index (χ2n) is 8.39. The van der Waals surface area contributed by atoms with Gasteiger partial charge in [-0.25, -0.2) is 8.78 Å². The van der Waals surface area contributed by atoms with E-state index >= 15 is 0 Å². The first-order chi connectivity index (χ1) is 14.6. The molecule has 1 fully saturated rings. The minimum atomic E-state index is -0.462. The zero-order valence-electron chi connectivity index (χ0n) is 18.0. The molecule has 0 spiro atoms. The first-order valence-corrected chi connectivity index (χ1v) is 11.1.